The molecule has 5 heterocycles. The van der Waals surface area contributed by atoms with Crippen LogP contribution in [0, 0.1) is 11.9 Å². The lowest BCUT2D eigenvalue weighted by Gasteiger charge is -2.38. The zero-order chi connectivity index (χ0) is 28.7. The van der Waals surface area contributed by atoms with Crippen LogP contribution in [0.4, 0.5) is 26.4 Å². The number of nitrogens with one attached hydrogen (secondary N) is 3. The quantitative estimate of drug-likeness (QED) is 0.197. The second-order valence-electron chi connectivity index (χ2n) is 10.1. The third kappa shape index (κ3) is 5.72. The van der Waals surface area contributed by atoms with E-state index in [1.807, 2.05) is 30.0 Å². The lowest BCUT2D eigenvalue weighted by molar-refractivity contribution is 0.197. The summed E-state index contributed by atoms with van der Waals surface area (Å²) < 4.78 is 27.2. The van der Waals surface area contributed by atoms with Crippen molar-refractivity contribution in [3.63, 3.8) is 0 Å². The highest BCUT2D eigenvalue weighted by Crippen LogP contribution is 2.40. The number of likely N-dealkylation sites (N-methyl/N-ethyl adjacent to an activating group) is 2. The van der Waals surface area contributed by atoms with Crippen LogP contribution in [0.1, 0.15) is 18.0 Å². The first-order valence-electron chi connectivity index (χ1n) is 13.2. The van der Waals surface area contributed by atoms with Crippen molar-refractivity contribution in [3.05, 3.63) is 63.9 Å². The van der Waals surface area contributed by atoms with Gasteiger partial charge in [-0.05, 0) is 48.4 Å². The highest BCUT2D eigenvalue weighted by atomic mass is 35.5. The molecule has 3 N–H and O–H groups in total. The highest BCUT2D eigenvalue weighted by Gasteiger charge is 2.28. The fraction of sp³-hybridized carbons (Fsp3) is 0.333. The first-order valence-corrected chi connectivity index (χ1v) is 13.9. The number of anilines is 3. The molecule has 0 bridgehead atoms. The van der Waals surface area contributed by atoms with Gasteiger partial charge in [-0.2, -0.15) is 28.7 Å². The van der Waals surface area contributed by atoms with Crippen molar-refractivity contribution in [2.24, 2.45) is 0 Å². The largest absolute Gasteiger partial charge is 0.383 e. The molecule has 0 amide bonds. The molecular formula is C27H28Cl2F2N10. The van der Waals surface area contributed by atoms with Gasteiger partial charge in [0.1, 0.15) is 0 Å². The number of hydrogen-bond acceptors (Lipinski definition) is 8. The molecule has 1 aromatic carbocycles. The van der Waals surface area contributed by atoms with E-state index >= 15 is 0 Å². The summed E-state index contributed by atoms with van der Waals surface area (Å²) in [7, 11) is 3.87. The summed E-state index contributed by atoms with van der Waals surface area (Å²) in [5.41, 5.74) is 3.96. The molecule has 0 unspecified atom stereocenters. The standard InChI is InChI=1S/C27H28Cl2F2N10/c1-39(26-33-18-3-5-21(30)35-24(18)37-26)9-11-41(20-7-8-32-23-16(20)13-15(28)14-17(23)29)12-10-40(2)27-34-19-4-6-22(31)36-25(19)38-27/h3-6,13-14,20,32H,7-12H2,1-2H3,(H,33,35,37)(H,34,36,38)/t20-/m1/s1. The van der Waals surface area contributed by atoms with E-state index in [1.165, 1.54) is 12.1 Å². The van der Waals surface area contributed by atoms with Crippen LogP contribution in [-0.2, 0) is 0 Å². The SMILES string of the molecule is CN(CCN(CCN(C)c1nc2nc(F)ccc2[nH]1)[C@@H]1CCNc2c(Cl)cc(Cl)cc21)c1nc2nc(F)ccc2[nH]1. The topological polar surface area (TPSA) is 105 Å². The van der Waals surface area contributed by atoms with Crippen LogP contribution in [0.2, 0.25) is 10.0 Å². The minimum Gasteiger partial charge on any atom is -0.383 e. The van der Waals surface area contributed by atoms with Crippen LogP contribution in [0.15, 0.2) is 36.4 Å². The fourth-order valence-corrected chi connectivity index (χ4v) is 5.75. The molecule has 6 rings (SSSR count). The number of H-pyrrole nitrogens is 2. The first kappa shape index (κ1) is 27.4. The van der Waals surface area contributed by atoms with Gasteiger partial charge in [0.15, 0.2) is 11.3 Å². The van der Waals surface area contributed by atoms with E-state index in [2.05, 4.69) is 40.1 Å². The number of halogens is 4. The number of aromatic nitrogens is 6. The molecule has 1 aliphatic heterocycles. The van der Waals surface area contributed by atoms with Gasteiger partial charge in [0.25, 0.3) is 0 Å². The maximum absolute atomic E-state index is 13.6. The van der Waals surface area contributed by atoms with Gasteiger partial charge >= 0.3 is 0 Å². The average Bonchev–Trinajstić information content (AvgIpc) is 3.56. The fourth-order valence-electron chi connectivity index (χ4n) is 5.18. The number of benzene rings is 1. The van der Waals surface area contributed by atoms with Crippen molar-refractivity contribution in [3.8, 4) is 0 Å². The minimum absolute atomic E-state index is 0.0575. The zero-order valence-electron chi connectivity index (χ0n) is 22.4. The predicted octanol–water partition coefficient (Wildman–Crippen LogP) is 5.25. The molecule has 0 spiro atoms. The van der Waals surface area contributed by atoms with Crippen LogP contribution in [-0.4, -0.2) is 81.6 Å². The minimum atomic E-state index is -0.569. The second kappa shape index (κ2) is 11.3. The first-order chi connectivity index (χ1) is 19.7. The molecule has 0 saturated heterocycles. The molecule has 14 heteroatoms. The monoisotopic (exact) mass is 600 g/mol. The van der Waals surface area contributed by atoms with E-state index in [9.17, 15) is 8.78 Å². The molecule has 0 saturated carbocycles. The van der Waals surface area contributed by atoms with Gasteiger partial charge < -0.3 is 25.1 Å². The van der Waals surface area contributed by atoms with Crippen LogP contribution < -0.4 is 15.1 Å². The zero-order valence-corrected chi connectivity index (χ0v) is 23.9. The number of rotatable bonds is 9. The maximum Gasteiger partial charge on any atom is 0.215 e. The summed E-state index contributed by atoms with van der Waals surface area (Å²) >= 11 is 13.0. The van der Waals surface area contributed by atoms with Gasteiger partial charge in [0, 0.05) is 57.9 Å². The number of nitrogens with zero attached hydrogens (tertiary/aromatic N) is 7. The lowest BCUT2D eigenvalue weighted by atomic mass is 9.96. The summed E-state index contributed by atoms with van der Waals surface area (Å²) in [6, 6.07) is 9.65. The third-order valence-corrected chi connectivity index (χ3v) is 7.89. The van der Waals surface area contributed by atoms with E-state index in [0.717, 1.165) is 24.2 Å². The molecule has 41 heavy (non-hydrogen) atoms. The van der Waals surface area contributed by atoms with Crippen LogP contribution in [0.3, 0.4) is 0 Å². The normalized spacial score (nSPS) is 15.0. The molecule has 1 aliphatic rings. The van der Waals surface area contributed by atoms with Gasteiger partial charge in [0.05, 0.1) is 21.7 Å². The Morgan fingerprint density at radius 2 is 1.37 bits per heavy atom. The second-order valence-corrected chi connectivity index (χ2v) is 10.9. The summed E-state index contributed by atoms with van der Waals surface area (Å²) in [6.45, 7) is 3.40. The van der Waals surface area contributed by atoms with Crippen molar-refractivity contribution in [1.82, 2.24) is 34.8 Å². The summed E-state index contributed by atoms with van der Waals surface area (Å²) in [5.74, 6) is 0.0736. The van der Waals surface area contributed by atoms with Crippen molar-refractivity contribution in [2.45, 2.75) is 12.5 Å². The highest BCUT2D eigenvalue weighted by molar-refractivity contribution is 6.36. The summed E-state index contributed by atoms with van der Waals surface area (Å²) in [5, 5.41) is 4.60. The van der Waals surface area contributed by atoms with E-state index in [0.29, 0.717) is 70.4 Å². The Morgan fingerprint density at radius 1 is 0.805 bits per heavy atom. The Labute approximate surface area is 244 Å². The van der Waals surface area contributed by atoms with Gasteiger partial charge in [0.2, 0.25) is 23.8 Å². The van der Waals surface area contributed by atoms with E-state index < -0.39 is 11.9 Å². The maximum atomic E-state index is 13.6. The average molecular weight is 601 g/mol. The number of imidazole rings is 2. The third-order valence-electron chi connectivity index (χ3n) is 7.37. The van der Waals surface area contributed by atoms with Crippen LogP contribution in [0.25, 0.3) is 22.3 Å². The Balaban J connectivity index is 1.23. The van der Waals surface area contributed by atoms with Gasteiger partial charge in [-0.15, -0.1) is 0 Å². The van der Waals surface area contributed by atoms with Crippen LogP contribution in [0.5, 0.6) is 0 Å². The van der Waals surface area contributed by atoms with Crippen molar-refractivity contribution < 1.29 is 8.78 Å². The Morgan fingerprint density at radius 3 is 1.93 bits per heavy atom. The number of hydrogen-bond donors (Lipinski definition) is 3. The number of fused-ring (bicyclic) bond motifs is 3. The van der Waals surface area contributed by atoms with E-state index in [4.69, 9.17) is 23.2 Å². The molecule has 5 aromatic rings. The molecule has 0 radical (unpaired) electrons. The smallest absolute Gasteiger partial charge is 0.215 e. The van der Waals surface area contributed by atoms with Crippen molar-refractivity contribution in [2.75, 3.05) is 61.9 Å². The summed E-state index contributed by atoms with van der Waals surface area (Å²) in [4.78, 5) is 29.5. The summed E-state index contributed by atoms with van der Waals surface area (Å²) in [6.07, 6.45) is 0.860. The molecular weight excluding hydrogens is 573 g/mol. The van der Waals surface area contributed by atoms with E-state index in [-0.39, 0.29) is 6.04 Å². The Bertz CT molecular complexity index is 1620. The molecule has 0 aliphatic carbocycles. The molecule has 214 valence electrons. The lowest BCUT2D eigenvalue weighted by Crippen LogP contribution is -2.42. The Kier molecular flexibility index (Phi) is 7.54. The predicted molar refractivity (Wildman–Crippen MR) is 158 cm³/mol. The molecule has 10 nitrogen and oxygen atoms in total. The number of aromatic amines is 2. The van der Waals surface area contributed by atoms with Gasteiger partial charge in [-0.1, -0.05) is 23.2 Å². The molecule has 0 fully saturated rings. The molecule has 4 aromatic heterocycles. The molecule has 1 atom stereocenters. The van der Waals surface area contributed by atoms with Crippen molar-refractivity contribution in [1.29, 1.82) is 0 Å². The Hall–Kier alpha value is -3.74. The van der Waals surface area contributed by atoms with Crippen LogP contribution >= 0.6 is 23.2 Å². The van der Waals surface area contributed by atoms with E-state index in [1.54, 1.807) is 18.2 Å². The van der Waals surface area contributed by atoms with Crippen molar-refractivity contribution >= 4 is 63.1 Å². The number of pyridine rings is 2. The van der Waals surface area contributed by atoms with Gasteiger partial charge in [-0.3, -0.25) is 4.90 Å². The van der Waals surface area contributed by atoms with Gasteiger partial charge in [-0.25, -0.2) is 0 Å².